The van der Waals surface area contributed by atoms with Gasteiger partial charge in [0, 0.05) is 18.8 Å². The first kappa shape index (κ1) is 17.1. The number of H-pyrrole nitrogens is 1. The maximum Gasteiger partial charge on any atom is 0.267 e. The van der Waals surface area contributed by atoms with E-state index in [-0.39, 0.29) is 17.1 Å². The van der Waals surface area contributed by atoms with Gasteiger partial charge in [-0.3, -0.25) is 14.7 Å². The standard InChI is InChI=1S/C20H16N6O3/c1-2-17-22-20(24-23-17)26-8-6-16-14(19(26)28)10-13-15(21-16)5-7-25(18(13)27)11-12-4-3-9-29-12/h3-10H,2,11H2,1H3,(H,22,23,24). The molecule has 0 aliphatic carbocycles. The largest absolute Gasteiger partial charge is 0.467 e. The van der Waals surface area contributed by atoms with Crippen LogP contribution in [-0.4, -0.2) is 29.3 Å². The van der Waals surface area contributed by atoms with Crippen LogP contribution in [-0.2, 0) is 13.0 Å². The molecule has 1 N–H and O–H groups in total. The number of hydrogen-bond donors (Lipinski definition) is 1. The number of nitrogens with zero attached hydrogens (tertiary/aromatic N) is 5. The summed E-state index contributed by atoms with van der Waals surface area (Å²) in [6.45, 7) is 2.24. The molecule has 9 nitrogen and oxygen atoms in total. The first-order valence-electron chi connectivity index (χ1n) is 9.13. The zero-order valence-electron chi connectivity index (χ0n) is 15.5. The molecule has 0 aromatic carbocycles. The van der Waals surface area contributed by atoms with Gasteiger partial charge >= 0.3 is 0 Å². The smallest absolute Gasteiger partial charge is 0.267 e. The van der Waals surface area contributed by atoms with E-state index in [0.717, 1.165) is 0 Å². The third-order valence-electron chi connectivity index (χ3n) is 4.79. The highest BCUT2D eigenvalue weighted by Crippen LogP contribution is 2.15. The quantitative estimate of drug-likeness (QED) is 0.472. The van der Waals surface area contributed by atoms with Crippen LogP contribution in [0.25, 0.3) is 27.8 Å². The molecule has 29 heavy (non-hydrogen) atoms. The van der Waals surface area contributed by atoms with Crippen molar-refractivity contribution in [3.63, 3.8) is 0 Å². The molecular weight excluding hydrogens is 372 g/mol. The molecule has 5 aromatic heterocycles. The molecule has 0 atom stereocenters. The van der Waals surface area contributed by atoms with Gasteiger partial charge in [0.2, 0.25) is 0 Å². The first-order chi connectivity index (χ1) is 14.1. The minimum Gasteiger partial charge on any atom is -0.467 e. The van der Waals surface area contributed by atoms with Crippen molar-refractivity contribution in [1.29, 1.82) is 0 Å². The van der Waals surface area contributed by atoms with Crippen molar-refractivity contribution in [2.24, 2.45) is 0 Å². The summed E-state index contributed by atoms with van der Waals surface area (Å²) in [5.74, 6) is 1.61. The lowest BCUT2D eigenvalue weighted by Gasteiger charge is -2.07. The van der Waals surface area contributed by atoms with Crippen molar-refractivity contribution >= 4 is 21.8 Å². The highest BCUT2D eigenvalue weighted by molar-refractivity contribution is 5.91. The molecule has 5 heterocycles. The predicted molar refractivity (Wildman–Crippen MR) is 106 cm³/mol. The minimum absolute atomic E-state index is 0.241. The van der Waals surface area contributed by atoms with Crippen LogP contribution in [0.2, 0.25) is 0 Å². The molecule has 9 heteroatoms. The van der Waals surface area contributed by atoms with Gasteiger partial charge in [0.15, 0.2) is 0 Å². The molecule has 0 spiro atoms. The molecule has 0 aliphatic heterocycles. The topological polar surface area (TPSA) is 112 Å². The van der Waals surface area contributed by atoms with Gasteiger partial charge in [-0.15, -0.1) is 5.10 Å². The molecule has 5 rings (SSSR count). The van der Waals surface area contributed by atoms with Gasteiger partial charge in [0.05, 0.1) is 34.6 Å². The average Bonchev–Trinajstić information content (AvgIpc) is 3.42. The Bertz CT molecular complexity index is 1460. The van der Waals surface area contributed by atoms with Gasteiger partial charge in [-0.25, -0.2) is 9.55 Å². The highest BCUT2D eigenvalue weighted by Gasteiger charge is 2.13. The van der Waals surface area contributed by atoms with Crippen molar-refractivity contribution in [1.82, 2.24) is 29.3 Å². The molecule has 0 bridgehead atoms. The number of furan rings is 1. The summed E-state index contributed by atoms with van der Waals surface area (Å²) in [6.07, 6.45) is 5.50. The van der Waals surface area contributed by atoms with Crippen molar-refractivity contribution < 1.29 is 4.42 Å². The van der Waals surface area contributed by atoms with Crippen LogP contribution in [0, 0.1) is 0 Å². The first-order valence-corrected chi connectivity index (χ1v) is 9.13. The van der Waals surface area contributed by atoms with Gasteiger partial charge in [-0.2, -0.15) is 4.98 Å². The normalized spacial score (nSPS) is 11.5. The van der Waals surface area contributed by atoms with E-state index in [4.69, 9.17) is 4.42 Å². The molecule has 0 unspecified atom stereocenters. The number of aromatic nitrogens is 6. The van der Waals surface area contributed by atoms with Crippen molar-refractivity contribution in [2.45, 2.75) is 19.9 Å². The fourth-order valence-electron chi connectivity index (χ4n) is 3.27. The van der Waals surface area contributed by atoms with Crippen LogP contribution in [0.4, 0.5) is 0 Å². The number of aromatic amines is 1. The summed E-state index contributed by atoms with van der Waals surface area (Å²) in [5, 5.41) is 7.58. The molecule has 144 valence electrons. The summed E-state index contributed by atoms with van der Waals surface area (Å²) in [7, 11) is 0. The molecule has 0 saturated heterocycles. The Hall–Kier alpha value is -4.01. The molecular formula is C20H16N6O3. The summed E-state index contributed by atoms with van der Waals surface area (Å²) >= 11 is 0. The Balaban J connectivity index is 1.69. The van der Waals surface area contributed by atoms with Gasteiger partial charge in [-0.1, -0.05) is 6.92 Å². The number of nitrogens with one attached hydrogen (secondary N) is 1. The van der Waals surface area contributed by atoms with E-state index >= 15 is 0 Å². The molecule has 5 aromatic rings. The molecule has 0 amide bonds. The zero-order chi connectivity index (χ0) is 20.0. The van der Waals surface area contributed by atoms with E-state index in [2.05, 4.69) is 20.2 Å². The lowest BCUT2D eigenvalue weighted by molar-refractivity contribution is 0.490. The monoisotopic (exact) mass is 388 g/mol. The Morgan fingerprint density at radius 3 is 2.55 bits per heavy atom. The zero-order valence-corrected chi connectivity index (χ0v) is 15.5. The van der Waals surface area contributed by atoms with Crippen LogP contribution < -0.4 is 11.1 Å². The van der Waals surface area contributed by atoms with E-state index < -0.39 is 0 Å². The van der Waals surface area contributed by atoms with Gasteiger partial charge in [0.1, 0.15) is 11.6 Å². The second kappa shape index (κ2) is 6.55. The fourth-order valence-corrected chi connectivity index (χ4v) is 3.27. The molecule has 0 saturated carbocycles. The summed E-state index contributed by atoms with van der Waals surface area (Å²) in [4.78, 5) is 34.8. The Morgan fingerprint density at radius 2 is 1.83 bits per heavy atom. The highest BCUT2D eigenvalue weighted by atomic mass is 16.3. The van der Waals surface area contributed by atoms with E-state index in [1.807, 2.05) is 6.92 Å². The molecule has 0 radical (unpaired) electrons. The van der Waals surface area contributed by atoms with Crippen LogP contribution in [0.15, 0.2) is 63.0 Å². The van der Waals surface area contributed by atoms with Crippen molar-refractivity contribution in [2.75, 3.05) is 0 Å². The number of rotatable bonds is 4. The van der Waals surface area contributed by atoms with E-state index in [0.29, 0.717) is 46.4 Å². The lowest BCUT2D eigenvalue weighted by Crippen LogP contribution is -2.22. The predicted octanol–water partition coefficient (Wildman–Crippen LogP) is 2.02. The summed E-state index contributed by atoms with van der Waals surface area (Å²) < 4.78 is 8.19. The van der Waals surface area contributed by atoms with Crippen LogP contribution in [0.1, 0.15) is 18.5 Å². The summed E-state index contributed by atoms with van der Waals surface area (Å²) in [6, 6.07) is 8.63. The third-order valence-corrected chi connectivity index (χ3v) is 4.79. The maximum atomic E-state index is 13.0. The van der Waals surface area contributed by atoms with E-state index in [1.54, 1.807) is 49.0 Å². The van der Waals surface area contributed by atoms with Crippen molar-refractivity contribution in [3.05, 3.63) is 81.3 Å². The van der Waals surface area contributed by atoms with Gasteiger partial charge in [-0.05, 0) is 30.3 Å². The second-order valence-corrected chi connectivity index (χ2v) is 6.61. The maximum absolute atomic E-state index is 13.0. The van der Waals surface area contributed by atoms with Crippen LogP contribution >= 0.6 is 0 Å². The summed E-state index contributed by atoms with van der Waals surface area (Å²) in [5.41, 5.74) is 0.461. The number of pyridine rings is 3. The van der Waals surface area contributed by atoms with Gasteiger partial charge < -0.3 is 8.98 Å². The fraction of sp³-hybridized carbons (Fsp3) is 0.150. The lowest BCUT2D eigenvalue weighted by atomic mass is 10.2. The number of hydrogen-bond acceptors (Lipinski definition) is 6. The number of fused-ring (bicyclic) bond motifs is 2. The van der Waals surface area contributed by atoms with Crippen molar-refractivity contribution in [3.8, 4) is 5.95 Å². The Morgan fingerprint density at radius 1 is 1.03 bits per heavy atom. The van der Waals surface area contributed by atoms with E-state index in [9.17, 15) is 9.59 Å². The Labute approximate surface area is 163 Å². The van der Waals surface area contributed by atoms with Crippen LogP contribution in [0.5, 0.6) is 0 Å². The van der Waals surface area contributed by atoms with Crippen LogP contribution in [0.3, 0.4) is 0 Å². The second-order valence-electron chi connectivity index (χ2n) is 6.61. The van der Waals surface area contributed by atoms with Gasteiger partial charge in [0.25, 0.3) is 17.1 Å². The SMILES string of the molecule is CCc1nc(-n2ccc3nc4ccn(Cc5ccco5)c(=O)c4cc3c2=O)n[nH]1. The average molecular weight is 388 g/mol. The molecule has 0 aliphatic rings. The third kappa shape index (κ3) is 2.83. The molecule has 0 fully saturated rings. The van der Waals surface area contributed by atoms with E-state index in [1.165, 1.54) is 9.13 Å². The number of aryl methyl sites for hydroxylation is 1. The minimum atomic E-state index is -0.334. The Kier molecular flexibility index (Phi) is 3.87.